The van der Waals surface area contributed by atoms with Gasteiger partial charge in [0, 0.05) is 16.9 Å². The zero-order valence-electron chi connectivity index (χ0n) is 16.7. The minimum absolute atomic E-state index is 0.129. The molecule has 0 aromatic carbocycles. The van der Waals surface area contributed by atoms with E-state index in [2.05, 4.69) is 31.0 Å². The van der Waals surface area contributed by atoms with Crippen molar-refractivity contribution in [1.29, 1.82) is 0 Å². The monoisotopic (exact) mass is 512 g/mol. The summed E-state index contributed by atoms with van der Waals surface area (Å²) < 4.78 is 0. The Morgan fingerprint density at radius 2 is 2.27 bits per heavy atom. The van der Waals surface area contributed by atoms with E-state index < -0.39 is 29.2 Å². The van der Waals surface area contributed by atoms with Crippen molar-refractivity contribution in [2.75, 3.05) is 30.2 Å². The Kier molecular flexibility index (Phi) is 6.38. The van der Waals surface area contributed by atoms with Gasteiger partial charge in [0.1, 0.15) is 29.9 Å². The number of nitrogens with zero attached hydrogens (tertiary/aromatic N) is 7. The summed E-state index contributed by atoms with van der Waals surface area (Å²) in [6, 6.07) is -0.944. The van der Waals surface area contributed by atoms with Crippen molar-refractivity contribution >= 4 is 63.5 Å². The molecular formula is C15H16N10O5S3. The van der Waals surface area contributed by atoms with E-state index in [0.29, 0.717) is 16.5 Å². The molecule has 2 aliphatic heterocycles. The van der Waals surface area contributed by atoms with Crippen molar-refractivity contribution in [2.24, 2.45) is 5.16 Å². The number of tetrazole rings is 1. The molecule has 1 fully saturated rings. The highest BCUT2D eigenvalue weighted by molar-refractivity contribution is 8.01. The maximum Gasteiger partial charge on any atom is 0.352 e. The van der Waals surface area contributed by atoms with Crippen LogP contribution in [0.15, 0.2) is 27.0 Å². The Morgan fingerprint density at radius 1 is 1.48 bits per heavy atom. The van der Waals surface area contributed by atoms with Crippen LogP contribution in [0.2, 0.25) is 0 Å². The maximum atomic E-state index is 12.8. The van der Waals surface area contributed by atoms with E-state index in [1.807, 2.05) is 0 Å². The molecule has 4 rings (SSSR count). The summed E-state index contributed by atoms with van der Waals surface area (Å²) >= 11 is 3.59. The number of aromatic nitrogens is 5. The predicted octanol–water partition coefficient (Wildman–Crippen LogP) is -1.69. The van der Waals surface area contributed by atoms with E-state index in [4.69, 9.17) is 16.4 Å². The van der Waals surface area contributed by atoms with E-state index in [-0.39, 0.29) is 28.0 Å². The van der Waals surface area contributed by atoms with Gasteiger partial charge in [-0.3, -0.25) is 14.5 Å². The Bertz CT molecular complexity index is 1180. The predicted molar refractivity (Wildman–Crippen MR) is 118 cm³/mol. The number of amides is 2. The van der Waals surface area contributed by atoms with E-state index in [1.165, 1.54) is 24.3 Å². The van der Waals surface area contributed by atoms with Crippen LogP contribution in [0.4, 0.5) is 5.13 Å². The number of carboxylic acids is 1. The summed E-state index contributed by atoms with van der Waals surface area (Å²) in [6.45, 7) is 0. The lowest BCUT2D eigenvalue weighted by atomic mass is 10.0. The number of nitrogen functional groups attached to an aromatic ring is 2. The lowest BCUT2D eigenvalue weighted by molar-refractivity contribution is -0.150. The lowest BCUT2D eigenvalue weighted by Gasteiger charge is -2.49. The average molecular weight is 513 g/mol. The van der Waals surface area contributed by atoms with Crippen molar-refractivity contribution in [2.45, 2.75) is 16.6 Å². The number of hydrogen-bond acceptors (Lipinski definition) is 14. The van der Waals surface area contributed by atoms with Gasteiger partial charge in [0.15, 0.2) is 10.8 Å². The molecule has 33 heavy (non-hydrogen) atoms. The molecule has 0 bridgehead atoms. The molecule has 0 radical (unpaired) electrons. The summed E-state index contributed by atoms with van der Waals surface area (Å²) in [5.74, 6) is 3.61. The highest BCUT2D eigenvalue weighted by Gasteiger charge is 2.54. The van der Waals surface area contributed by atoms with E-state index >= 15 is 0 Å². The molecule has 0 aliphatic carbocycles. The number of rotatable bonds is 8. The van der Waals surface area contributed by atoms with Crippen LogP contribution in [0.1, 0.15) is 5.69 Å². The van der Waals surface area contributed by atoms with E-state index in [0.717, 1.165) is 32.8 Å². The van der Waals surface area contributed by atoms with Crippen LogP contribution < -0.4 is 16.9 Å². The van der Waals surface area contributed by atoms with Crippen molar-refractivity contribution in [1.82, 2.24) is 35.5 Å². The number of hydrogen-bond donors (Lipinski definition) is 4. The summed E-state index contributed by atoms with van der Waals surface area (Å²) in [4.78, 5) is 48.4. The number of carbonyl (C=O) groups excluding carboxylic acids is 2. The van der Waals surface area contributed by atoms with Gasteiger partial charge >= 0.3 is 5.97 Å². The molecule has 2 amide bonds. The number of carbonyl (C=O) groups is 3. The second kappa shape index (κ2) is 9.24. The molecule has 4 heterocycles. The fraction of sp³-hybridized carbons (Fsp3) is 0.333. The van der Waals surface area contributed by atoms with Crippen molar-refractivity contribution in [3.8, 4) is 0 Å². The Labute approximate surface area is 197 Å². The average Bonchev–Trinajstić information content (AvgIpc) is 3.40. The second-order valence-corrected chi connectivity index (χ2v) is 9.44. The van der Waals surface area contributed by atoms with Crippen molar-refractivity contribution in [3.63, 3.8) is 0 Å². The fourth-order valence-corrected chi connectivity index (χ4v) is 5.96. The van der Waals surface area contributed by atoms with Gasteiger partial charge in [-0.1, -0.05) is 22.0 Å². The smallest absolute Gasteiger partial charge is 0.352 e. The molecule has 174 valence electrons. The summed E-state index contributed by atoms with van der Waals surface area (Å²) in [6.07, 6.45) is 0. The number of anilines is 1. The lowest BCUT2D eigenvalue weighted by Crippen LogP contribution is -2.71. The SMILES string of the molecule is CO/N=C(\C(=O)NC1C(=O)N2C(C(=O)O)=C(CSc3nnnn3N)CS[C@@H]12)c1csc(N)n1. The van der Waals surface area contributed by atoms with E-state index in [9.17, 15) is 19.5 Å². The van der Waals surface area contributed by atoms with Crippen LogP contribution in [-0.4, -0.2) is 88.8 Å². The fourth-order valence-electron chi connectivity index (χ4n) is 3.13. The molecule has 2 aliphatic rings. The van der Waals surface area contributed by atoms with Gasteiger partial charge in [-0.15, -0.1) is 27.9 Å². The Hall–Kier alpha value is -3.38. The first kappa shape index (κ1) is 22.8. The highest BCUT2D eigenvalue weighted by Crippen LogP contribution is 2.41. The third kappa shape index (κ3) is 4.31. The Morgan fingerprint density at radius 3 is 2.88 bits per heavy atom. The number of nitrogens with one attached hydrogen (secondary N) is 1. The van der Waals surface area contributed by atoms with Gasteiger partial charge in [-0.25, -0.2) is 9.78 Å². The van der Waals surface area contributed by atoms with Crippen LogP contribution in [-0.2, 0) is 19.2 Å². The molecule has 6 N–H and O–H groups in total. The van der Waals surface area contributed by atoms with Crippen LogP contribution in [0.3, 0.4) is 0 Å². The third-order valence-electron chi connectivity index (χ3n) is 4.54. The quantitative estimate of drug-likeness (QED) is 0.102. The minimum atomic E-state index is -1.25. The minimum Gasteiger partial charge on any atom is -0.477 e. The van der Waals surface area contributed by atoms with Crippen molar-refractivity contribution in [3.05, 3.63) is 22.3 Å². The molecule has 1 unspecified atom stereocenters. The second-order valence-electron chi connectivity index (χ2n) is 6.51. The topological polar surface area (TPSA) is 217 Å². The van der Waals surface area contributed by atoms with Gasteiger partial charge in [-0.05, 0) is 16.0 Å². The first-order valence-electron chi connectivity index (χ1n) is 9.01. The number of carboxylic acid groups (broad SMARTS) is 1. The standard InChI is InChI=1S/C15H16N10O5S3/c1-30-21-7(6-4-32-14(16)18-6)10(26)19-8-11(27)24-9(13(28)29)5(2-31-12(8)24)3-33-15-20-22-23-25(15)17/h4,8,12H,2-3,17H2,1H3,(H2,16,18)(H,19,26)(H,28,29)/b21-7-/t8?,12-/m0/s1. The van der Waals surface area contributed by atoms with Crippen molar-refractivity contribution < 1.29 is 24.3 Å². The molecule has 0 spiro atoms. The van der Waals surface area contributed by atoms with Crippen LogP contribution in [0, 0.1) is 0 Å². The van der Waals surface area contributed by atoms with Crippen LogP contribution in [0.25, 0.3) is 0 Å². The molecular weight excluding hydrogens is 496 g/mol. The molecule has 18 heteroatoms. The van der Waals surface area contributed by atoms with Gasteiger partial charge in [-0.2, -0.15) is 0 Å². The largest absolute Gasteiger partial charge is 0.477 e. The molecule has 15 nitrogen and oxygen atoms in total. The summed E-state index contributed by atoms with van der Waals surface area (Å²) in [5, 5.41) is 28.2. The van der Waals surface area contributed by atoms with Crippen LogP contribution in [0.5, 0.6) is 0 Å². The zero-order chi connectivity index (χ0) is 23.7. The first-order valence-corrected chi connectivity index (χ1v) is 11.9. The van der Waals surface area contributed by atoms with Gasteiger partial charge in [0.25, 0.3) is 11.8 Å². The number of nitrogens with two attached hydrogens (primary N) is 2. The van der Waals surface area contributed by atoms with Gasteiger partial charge in [0.2, 0.25) is 5.16 Å². The number of thioether (sulfide) groups is 2. The number of oxime groups is 1. The first-order chi connectivity index (χ1) is 15.8. The normalized spacial score (nSPS) is 20.3. The molecule has 2 aromatic heterocycles. The highest BCUT2D eigenvalue weighted by atomic mass is 32.2. The molecule has 0 saturated carbocycles. The number of aliphatic carboxylic acids is 1. The number of fused-ring (bicyclic) bond motifs is 1. The zero-order valence-corrected chi connectivity index (χ0v) is 19.2. The van der Waals surface area contributed by atoms with Gasteiger partial charge in [0.05, 0.1) is 0 Å². The third-order valence-corrected chi connectivity index (χ3v) is 7.57. The van der Waals surface area contributed by atoms with E-state index in [1.54, 1.807) is 0 Å². The molecule has 1 saturated heterocycles. The summed E-state index contributed by atoms with van der Waals surface area (Å²) in [5.41, 5.74) is 6.04. The molecule has 2 aromatic rings. The van der Waals surface area contributed by atoms with Crippen LogP contribution >= 0.6 is 34.9 Å². The number of thiazole rings is 1. The maximum absolute atomic E-state index is 12.8. The Balaban J connectivity index is 1.49. The molecule has 2 atom stereocenters. The number of β-lactam (4-membered cyclic amide) rings is 1. The van der Waals surface area contributed by atoms with Gasteiger partial charge < -0.3 is 26.8 Å². The summed E-state index contributed by atoms with van der Waals surface area (Å²) in [7, 11) is 1.27.